The molecule has 1 atom stereocenters. The van der Waals surface area contributed by atoms with E-state index >= 15 is 0 Å². The molecule has 20 heavy (non-hydrogen) atoms. The van der Waals surface area contributed by atoms with Crippen molar-refractivity contribution in [1.82, 2.24) is 4.90 Å². The third kappa shape index (κ3) is 2.99. The molecule has 2 N–H and O–H groups in total. The second-order valence-electron chi connectivity index (χ2n) is 4.75. The van der Waals surface area contributed by atoms with Crippen molar-refractivity contribution < 1.29 is 9.18 Å². The Labute approximate surface area is 121 Å². The van der Waals surface area contributed by atoms with E-state index in [1.807, 2.05) is 24.4 Å². The third-order valence-corrected chi connectivity index (χ3v) is 4.24. The number of anilines is 1. The smallest absolute Gasteiger partial charge is 0.256 e. The number of amides is 1. The molecule has 1 unspecified atom stereocenters. The molecule has 0 saturated heterocycles. The zero-order valence-electron chi connectivity index (χ0n) is 11.5. The fraction of sp³-hybridized carbons (Fsp3) is 0.267. The quantitative estimate of drug-likeness (QED) is 0.880. The minimum Gasteiger partial charge on any atom is -0.396 e. The standard InChI is InChI=1S/C15H17FN2OS/c1-10(9-11-5-4-8-20-11)18(2)15(19)12-6-3-7-13(16)14(12)17/h3-8,10H,9,17H2,1-2H3. The van der Waals surface area contributed by atoms with Gasteiger partial charge in [-0.25, -0.2) is 4.39 Å². The number of rotatable bonds is 4. The van der Waals surface area contributed by atoms with Crippen LogP contribution < -0.4 is 5.73 Å². The van der Waals surface area contributed by atoms with E-state index in [1.54, 1.807) is 29.4 Å². The van der Waals surface area contributed by atoms with Crippen LogP contribution in [-0.4, -0.2) is 23.9 Å². The number of thiophene rings is 1. The first-order valence-electron chi connectivity index (χ1n) is 6.34. The number of carbonyl (C=O) groups is 1. The zero-order valence-corrected chi connectivity index (χ0v) is 12.3. The van der Waals surface area contributed by atoms with Crippen LogP contribution in [0.25, 0.3) is 0 Å². The molecule has 0 saturated carbocycles. The lowest BCUT2D eigenvalue weighted by atomic mass is 10.1. The van der Waals surface area contributed by atoms with Crippen molar-refractivity contribution >= 4 is 22.9 Å². The lowest BCUT2D eigenvalue weighted by molar-refractivity contribution is 0.0744. The predicted octanol–water partition coefficient (Wildman–Crippen LogP) is 3.17. The molecule has 0 aliphatic carbocycles. The normalized spacial score (nSPS) is 12.2. The number of carbonyl (C=O) groups excluding carboxylic acids is 1. The Bertz CT molecular complexity index is 598. The van der Waals surface area contributed by atoms with Gasteiger partial charge in [0.25, 0.3) is 5.91 Å². The molecule has 0 radical (unpaired) electrons. The molecular formula is C15H17FN2OS. The van der Waals surface area contributed by atoms with Crippen LogP contribution >= 0.6 is 11.3 Å². The topological polar surface area (TPSA) is 46.3 Å². The maximum atomic E-state index is 13.4. The van der Waals surface area contributed by atoms with Crippen molar-refractivity contribution in [2.45, 2.75) is 19.4 Å². The molecule has 1 aromatic heterocycles. The Morgan fingerprint density at radius 3 is 2.80 bits per heavy atom. The first kappa shape index (κ1) is 14.5. The van der Waals surface area contributed by atoms with Crippen LogP contribution in [0, 0.1) is 5.82 Å². The number of nitrogen functional groups attached to an aromatic ring is 1. The van der Waals surface area contributed by atoms with E-state index < -0.39 is 5.82 Å². The highest BCUT2D eigenvalue weighted by molar-refractivity contribution is 7.09. The molecule has 0 aliphatic rings. The fourth-order valence-corrected chi connectivity index (χ4v) is 2.80. The number of halogens is 1. The van der Waals surface area contributed by atoms with Crippen LogP contribution in [0.15, 0.2) is 35.7 Å². The molecule has 1 amide bonds. The number of nitrogens with two attached hydrogens (primary N) is 1. The number of benzene rings is 1. The SMILES string of the molecule is CC(Cc1cccs1)N(C)C(=O)c1cccc(F)c1N. The van der Waals surface area contributed by atoms with E-state index in [2.05, 4.69) is 0 Å². The van der Waals surface area contributed by atoms with Gasteiger partial charge in [0.05, 0.1) is 11.3 Å². The van der Waals surface area contributed by atoms with Gasteiger partial charge in [0.1, 0.15) is 5.82 Å². The number of likely N-dealkylation sites (N-methyl/N-ethyl adjacent to an activating group) is 1. The molecule has 5 heteroatoms. The summed E-state index contributed by atoms with van der Waals surface area (Å²) in [5.41, 5.74) is 5.76. The number of hydrogen-bond donors (Lipinski definition) is 1. The van der Waals surface area contributed by atoms with Crippen molar-refractivity contribution in [2.24, 2.45) is 0 Å². The van der Waals surface area contributed by atoms with Crippen molar-refractivity contribution in [2.75, 3.05) is 12.8 Å². The molecule has 1 aromatic carbocycles. The molecule has 2 rings (SSSR count). The summed E-state index contributed by atoms with van der Waals surface area (Å²) in [6.07, 6.45) is 0.773. The average molecular weight is 292 g/mol. The van der Waals surface area contributed by atoms with Gasteiger partial charge in [-0.05, 0) is 30.5 Å². The molecule has 2 aromatic rings. The molecule has 3 nitrogen and oxygen atoms in total. The van der Waals surface area contributed by atoms with Gasteiger partial charge in [0, 0.05) is 24.4 Å². The Hall–Kier alpha value is -1.88. The van der Waals surface area contributed by atoms with Crippen LogP contribution in [0.3, 0.4) is 0 Å². The third-order valence-electron chi connectivity index (χ3n) is 3.34. The van der Waals surface area contributed by atoms with Gasteiger partial charge in [0.15, 0.2) is 0 Å². The second-order valence-corrected chi connectivity index (χ2v) is 5.78. The Balaban J connectivity index is 2.13. The minimum absolute atomic E-state index is 0.0174. The first-order chi connectivity index (χ1) is 9.50. The van der Waals surface area contributed by atoms with Crippen LogP contribution in [0.1, 0.15) is 22.2 Å². The van der Waals surface area contributed by atoms with Gasteiger partial charge < -0.3 is 10.6 Å². The summed E-state index contributed by atoms with van der Waals surface area (Å²) in [5, 5.41) is 2.01. The highest BCUT2D eigenvalue weighted by Crippen LogP contribution is 2.20. The minimum atomic E-state index is -0.560. The fourth-order valence-electron chi connectivity index (χ4n) is 1.97. The van der Waals surface area contributed by atoms with Gasteiger partial charge in [-0.15, -0.1) is 11.3 Å². The van der Waals surface area contributed by atoms with Crippen molar-refractivity contribution in [3.63, 3.8) is 0 Å². The molecule has 0 fully saturated rings. The summed E-state index contributed by atoms with van der Waals surface area (Å²) in [6, 6.07) is 8.34. The summed E-state index contributed by atoms with van der Waals surface area (Å²) < 4.78 is 13.4. The lowest BCUT2D eigenvalue weighted by Crippen LogP contribution is -2.36. The van der Waals surface area contributed by atoms with Gasteiger partial charge in [-0.2, -0.15) is 0 Å². The highest BCUT2D eigenvalue weighted by Gasteiger charge is 2.21. The van der Waals surface area contributed by atoms with Crippen LogP contribution in [0.5, 0.6) is 0 Å². The summed E-state index contributed by atoms with van der Waals surface area (Å²) in [5.74, 6) is -0.818. The number of para-hydroxylation sites is 1. The van der Waals surface area contributed by atoms with E-state index in [-0.39, 0.29) is 23.2 Å². The lowest BCUT2D eigenvalue weighted by Gasteiger charge is -2.25. The van der Waals surface area contributed by atoms with E-state index in [0.29, 0.717) is 0 Å². The molecule has 0 spiro atoms. The number of hydrogen-bond acceptors (Lipinski definition) is 3. The van der Waals surface area contributed by atoms with E-state index in [0.717, 1.165) is 6.42 Å². The van der Waals surface area contributed by atoms with Crippen LogP contribution in [-0.2, 0) is 6.42 Å². The summed E-state index contributed by atoms with van der Waals surface area (Å²) in [6.45, 7) is 1.97. The molecule has 1 heterocycles. The molecule has 106 valence electrons. The molecule has 0 bridgehead atoms. The summed E-state index contributed by atoms with van der Waals surface area (Å²) >= 11 is 1.66. The maximum absolute atomic E-state index is 13.4. The van der Waals surface area contributed by atoms with Crippen LogP contribution in [0.4, 0.5) is 10.1 Å². The van der Waals surface area contributed by atoms with Crippen LogP contribution in [0.2, 0.25) is 0 Å². The van der Waals surface area contributed by atoms with Crippen molar-refractivity contribution in [1.29, 1.82) is 0 Å². The van der Waals surface area contributed by atoms with E-state index in [9.17, 15) is 9.18 Å². The molecular weight excluding hydrogens is 275 g/mol. The Morgan fingerprint density at radius 2 is 2.15 bits per heavy atom. The number of nitrogens with zero attached hydrogens (tertiary/aromatic N) is 1. The van der Waals surface area contributed by atoms with Gasteiger partial charge in [0.2, 0.25) is 0 Å². The second kappa shape index (κ2) is 6.05. The van der Waals surface area contributed by atoms with Gasteiger partial charge in [-0.1, -0.05) is 12.1 Å². The predicted molar refractivity (Wildman–Crippen MR) is 80.4 cm³/mol. The van der Waals surface area contributed by atoms with Gasteiger partial charge >= 0.3 is 0 Å². The summed E-state index contributed by atoms with van der Waals surface area (Å²) in [4.78, 5) is 15.2. The Morgan fingerprint density at radius 1 is 1.40 bits per heavy atom. The van der Waals surface area contributed by atoms with Gasteiger partial charge in [-0.3, -0.25) is 4.79 Å². The Kier molecular flexibility index (Phi) is 4.39. The summed E-state index contributed by atoms with van der Waals surface area (Å²) in [7, 11) is 1.71. The monoisotopic (exact) mass is 292 g/mol. The first-order valence-corrected chi connectivity index (χ1v) is 7.22. The highest BCUT2D eigenvalue weighted by atomic mass is 32.1. The van der Waals surface area contributed by atoms with Crippen molar-refractivity contribution in [3.05, 3.63) is 52.0 Å². The molecule has 0 aliphatic heterocycles. The zero-order chi connectivity index (χ0) is 14.7. The van der Waals surface area contributed by atoms with E-state index in [1.165, 1.54) is 17.0 Å². The van der Waals surface area contributed by atoms with Crippen molar-refractivity contribution in [3.8, 4) is 0 Å². The van der Waals surface area contributed by atoms with E-state index in [4.69, 9.17) is 5.73 Å². The maximum Gasteiger partial charge on any atom is 0.256 e. The average Bonchev–Trinajstić information content (AvgIpc) is 2.93. The largest absolute Gasteiger partial charge is 0.396 e.